The van der Waals surface area contributed by atoms with Crippen LogP contribution in [0.1, 0.15) is 34.6 Å². The van der Waals surface area contributed by atoms with Gasteiger partial charge in [0.2, 0.25) is 0 Å². The Morgan fingerprint density at radius 3 is 2.65 bits per heavy atom. The highest BCUT2D eigenvalue weighted by atomic mass is 16.1. The van der Waals surface area contributed by atoms with E-state index in [0.717, 1.165) is 35.5 Å². The highest BCUT2D eigenvalue weighted by molar-refractivity contribution is 5.99. The van der Waals surface area contributed by atoms with Gasteiger partial charge in [0.1, 0.15) is 0 Å². The second kappa shape index (κ2) is 3.84. The van der Waals surface area contributed by atoms with E-state index >= 15 is 0 Å². The molecule has 3 nitrogen and oxygen atoms in total. The maximum atomic E-state index is 11.9. The van der Waals surface area contributed by atoms with Gasteiger partial charge in [-0.3, -0.25) is 4.79 Å². The first-order valence-electron chi connectivity index (χ1n) is 5.94. The van der Waals surface area contributed by atoms with Crippen LogP contribution in [-0.4, -0.2) is 15.6 Å². The zero-order chi connectivity index (χ0) is 11.8. The van der Waals surface area contributed by atoms with Crippen molar-refractivity contribution in [3.63, 3.8) is 0 Å². The Hall–Kier alpha value is -1.90. The standard InChI is InChI=1S/C14H14N2O/c1-10-14-12(8-5-9-13(14)17)15-16(10)11-6-3-2-4-7-11/h2-4,6-7H,5,8-9H2,1H3. The zero-order valence-corrected chi connectivity index (χ0v) is 9.81. The van der Waals surface area contributed by atoms with Crippen LogP contribution in [0.25, 0.3) is 5.69 Å². The van der Waals surface area contributed by atoms with Crippen molar-refractivity contribution in [3.05, 3.63) is 47.3 Å². The van der Waals surface area contributed by atoms with Crippen LogP contribution in [0.4, 0.5) is 0 Å². The predicted molar refractivity (Wildman–Crippen MR) is 65.6 cm³/mol. The summed E-state index contributed by atoms with van der Waals surface area (Å²) in [5.74, 6) is 0.242. The van der Waals surface area contributed by atoms with Crippen molar-refractivity contribution in [2.24, 2.45) is 0 Å². The van der Waals surface area contributed by atoms with Gasteiger partial charge in [0.25, 0.3) is 0 Å². The molecule has 1 aromatic carbocycles. The summed E-state index contributed by atoms with van der Waals surface area (Å²) in [7, 11) is 0. The first kappa shape index (κ1) is 10.3. The van der Waals surface area contributed by atoms with E-state index in [4.69, 9.17) is 0 Å². The number of nitrogens with zero attached hydrogens (tertiary/aromatic N) is 2. The van der Waals surface area contributed by atoms with Crippen molar-refractivity contribution in [1.82, 2.24) is 9.78 Å². The molecule has 0 spiro atoms. The van der Waals surface area contributed by atoms with Crippen molar-refractivity contribution in [2.75, 3.05) is 0 Å². The van der Waals surface area contributed by atoms with Gasteiger partial charge in [-0.05, 0) is 31.9 Å². The predicted octanol–water partition coefficient (Wildman–Crippen LogP) is 2.70. The molecule has 1 heterocycles. The summed E-state index contributed by atoms with van der Waals surface area (Å²) in [5, 5.41) is 4.57. The summed E-state index contributed by atoms with van der Waals surface area (Å²) < 4.78 is 1.88. The highest BCUT2D eigenvalue weighted by Gasteiger charge is 2.24. The summed E-state index contributed by atoms with van der Waals surface area (Å²) in [6.45, 7) is 1.97. The van der Waals surface area contributed by atoms with Crippen LogP contribution in [0.5, 0.6) is 0 Å². The molecule has 0 unspecified atom stereocenters. The normalized spacial score (nSPS) is 14.8. The number of aromatic nitrogens is 2. The SMILES string of the molecule is Cc1c2c(nn1-c1ccccc1)CCCC2=O. The lowest BCUT2D eigenvalue weighted by Crippen LogP contribution is -2.10. The Morgan fingerprint density at radius 2 is 1.94 bits per heavy atom. The Morgan fingerprint density at radius 1 is 1.18 bits per heavy atom. The lowest BCUT2D eigenvalue weighted by Gasteiger charge is -2.08. The van der Waals surface area contributed by atoms with Crippen LogP contribution in [-0.2, 0) is 6.42 Å². The van der Waals surface area contributed by atoms with Crippen LogP contribution in [0.15, 0.2) is 30.3 Å². The number of para-hydroxylation sites is 1. The van der Waals surface area contributed by atoms with Crippen LogP contribution in [0.2, 0.25) is 0 Å². The fourth-order valence-electron chi connectivity index (χ4n) is 2.46. The molecular formula is C14H14N2O. The fraction of sp³-hybridized carbons (Fsp3) is 0.286. The van der Waals surface area contributed by atoms with Gasteiger partial charge in [-0.2, -0.15) is 5.10 Å². The van der Waals surface area contributed by atoms with E-state index in [1.807, 2.05) is 41.9 Å². The number of ketones is 1. The average molecular weight is 226 g/mol. The number of hydrogen-bond donors (Lipinski definition) is 0. The van der Waals surface area contributed by atoms with Crippen LogP contribution in [0, 0.1) is 6.92 Å². The monoisotopic (exact) mass is 226 g/mol. The van der Waals surface area contributed by atoms with Gasteiger partial charge in [-0.25, -0.2) is 4.68 Å². The molecule has 0 N–H and O–H groups in total. The molecular weight excluding hydrogens is 212 g/mol. The zero-order valence-electron chi connectivity index (χ0n) is 9.81. The minimum atomic E-state index is 0.242. The molecule has 1 aliphatic carbocycles. The van der Waals surface area contributed by atoms with Crippen LogP contribution >= 0.6 is 0 Å². The number of fused-ring (bicyclic) bond motifs is 1. The number of hydrogen-bond acceptors (Lipinski definition) is 2. The fourth-order valence-corrected chi connectivity index (χ4v) is 2.46. The molecule has 2 aromatic rings. The molecule has 0 amide bonds. The topological polar surface area (TPSA) is 34.9 Å². The maximum absolute atomic E-state index is 11.9. The highest BCUT2D eigenvalue weighted by Crippen LogP contribution is 2.25. The summed E-state index contributed by atoms with van der Waals surface area (Å²) in [4.78, 5) is 11.9. The largest absolute Gasteiger partial charge is 0.294 e. The van der Waals surface area contributed by atoms with Gasteiger partial charge in [0, 0.05) is 6.42 Å². The first-order valence-corrected chi connectivity index (χ1v) is 5.94. The molecule has 3 heteroatoms. The van der Waals surface area contributed by atoms with Crippen molar-refractivity contribution >= 4 is 5.78 Å². The minimum absolute atomic E-state index is 0.242. The molecule has 0 fully saturated rings. The summed E-state index contributed by atoms with van der Waals surface area (Å²) in [6, 6.07) is 9.97. The van der Waals surface area contributed by atoms with Gasteiger partial charge in [0.15, 0.2) is 5.78 Å². The van der Waals surface area contributed by atoms with E-state index in [0.29, 0.717) is 6.42 Å². The number of benzene rings is 1. The van der Waals surface area contributed by atoms with Crippen molar-refractivity contribution in [2.45, 2.75) is 26.2 Å². The van der Waals surface area contributed by atoms with E-state index in [9.17, 15) is 4.79 Å². The van der Waals surface area contributed by atoms with Crippen molar-refractivity contribution in [1.29, 1.82) is 0 Å². The molecule has 0 saturated carbocycles. The third kappa shape index (κ3) is 1.58. The lowest BCUT2D eigenvalue weighted by molar-refractivity contribution is 0.0972. The molecule has 17 heavy (non-hydrogen) atoms. The van der Waals surface area contributed by atoms with E-state index in [2.05, 4.69) is 5.10 Å². The van der Waals surface area contributed by atoms with Gasteiger partial charge in [0.05, 0.1) is 22.6 Å². The number of carbonyl (C=O) groups is 1. The second-order valence-corrected chi connectivity index (χ2v) is 4.43. The van der Waals surface area contributed by atoms with Gasteiger partial charge in [-0.1, -0.05) is 18.2 Å². The quantitative estimate of drug-likeness (QED) is 0.749. The Labute approximate surface area is 100 Å². The number of rotatable bonds is 1. The first-order chi connectivity index (χ1) is 8.27. The molecule has 1 aliphatic rings. The second-order valence-electron chi connectivity index (χ2n) is 4.43. The van der Waals surface area contributed by atoms with Gasteiger partial charge in [-0.15, -0.1) is 0 Å². The number of carbonyl (C=O) groups excluding carboxylic acids is 1. The van der Waals surface area contributed by atoms with Gasteiger partial charge < -0.3 is 0 Å². The Bertz CT molecular complexity index is 569. The molecule has 0 bridgehead atoms. The van der Waals surface area contributed by atoms with Crippen molar-refractivity contribution < 1.29 is 4.79 Å². The molecule has 86 valence electrons. The average Bonchev–Trinajstić information content (AvgIpc) is 2.69. The summed E-state index contributed by atoms with van der Waals surface area (Å²) >= 11 is 0. The molecule has 1 aromatic heterocycles. The maximum Gasteiger partial charge on any atom is 0.166 e. The van der Waals surface area contributed by atoms with E-state index in [1.165, 1.54) is 0 Å². The molecule has 0 aliphatic heterocycles. The van der Waals surface area contributed by atoms with Crippen LogP contribution < -0.4 is 0 Å². The number of Topliss-reactive ketones (excluding diaryl/α,β-unsaturated/α-hetero) is 1. The minimum Gasteiger partial charge on any atom is -0.294 e. The Kier molecular flexibility index (Phi) is 2.32. The molecule has 0 atom stereocenters. The molecule has 3 rings (SSSR count). The van der Waals surface area contributed by atoms with E-state index < -0.39 is 0 Å². The van der Waals surface area contributed by atoms with E-state index in [1.54, 1.807) is 0 Å². The van der Waals surface area contributed by atoms with Gasteiger partial charge >= 0.3 is 0 Å². The summed E-state index contributed by atoms with van der Waals surface area (Å²) in [5.41, 5.74) is 3.80. The third-order valence-corrected chi connectivity index (χ3v) is 3.29. The van der Waals surface area contributed by atoms with Crippen LogP contribution in [0.3, 0.4) is 0 Å². The number of aryl methyl sites for hydroxylation is 1. The van der Waals surface area contributed by atoms with Crippen molar-refractivity contribution in [3.8, 4) is 5.69 Å². The summed E-state index contributed by atoms with van der Waals surface area (Å²) in [6.07, 6.45) is 2.51. The molecule has 0 radical (unpaired) electrons. The van der Waals surface area contributed by atoms with E-state index in [-0.39, 0.29) is 5.78 Å². The molecule has 0 saturated heterocycles. The third-order valence-electron chi connectivity index (χ3n) is 3.29. The Balaban J connectivity index is 2.17. The smallest absolute Gasteiger partial charge is 0.166 e. The lowest BCUT2D eigenvalue weighted by atomic mass is 9.95.